The first-order valence-electron chi connectivity index (χ1n) is 5.62. The van der Waals surface area contributed by atoms with Gasteiger partial charge in [-0.3, -0.25) is 11.3 Å². The number of nitrogens with two attached hydrogens (primary N) is 1. The van der Waals surface area contributed by atoms with Gasteiger partial charge in [0.05, 0.1) is 0 Å². The van der Waals surface area contributed by atoms with Gasteiger partial charge in [-0.25, -0.2) is 0 Å². The maximum absolute atomic E-state index is 5.92. The Morgan fingerprint density at radius 2 is 2.25 bits per heavy atom. The second kappa shape index (κ2) is 5.50. The van der Waals surface area contributed by atoms with Gasteiger partial charge in [-0.05, 0) is 36.5 Å². The first kappa shape index (κ1) is 12.4. The molecule has 0 radical (unpaired) electrons. The number of hydrogen-bond donors (Lipinski definition) is 2. The Balaban J connectivity index is 2.05. The second-order valence-electron chi connectivity index (χ2n) is 4.41. The molecule has 88 valence electrons. The van der Waals surface area contributed by atoms with Crippen LogP contribution in [0.15, 0.2) is 22.7 Å². The van der Waals surface area contributed by atoms with Crippen molar-refractivity contribution >= 4 is 27.5 Å². The highest BCUT2D eigenvalue weighted by Crippen LogP contribution is 2.37. The number of benzene rings is 1. The second-order valence-corrected chi connectivity index (χ2v) is 5.70. The Bertz CT molecular complexity index is 366. The van der Waals surface area contributed by atoms with Crippen molar-refractivity contribution in [3.63, 3.8) is 0 Å². The summed E-state index contributed by atoms with van der Waals surface area (Å²) in [6.07, 6.45) is 5.11. The Kier molecular flexibility index (Phi) is 4.25. The molecule has 2 rings (SSSR count). The highest BCUT2D eigenvalue weighted by Gasteiger charge is 2.23. The van der Waals surface area contributed by atoms with Crippen LogP contribution in [0.4, 0.5) is 0 Å². The predicted octanol–water partition coefficient (Wildman–Crippen LogP) is 3.80. The fourth-order valence-corrected chi connectivity index (χ4v) is 2.88. The molecule has 1 unspecified atom stereocenters. The zero-order valence-electron chi connectivity index (χ0n) is 9.05. The lowest BCUT2D eigenvalue weighted by atomic mass is 10.0. The van der Waals surface area contributed by atoms with Crippen molar-refractivity contribution in [2.24, 2.45) is 11.8 Å². The van der Waals surface area contributed by atoms with Crippen molar-refractivity contribution in [2.45, 2.75) is 31.7 Å². The number of nitrogens with one attached hydrogen (secondary N) is 1. The van der Waals surface area contributed by atoms with E-state index in [1.165, 1.54) is 24.8 Å². The average Bonchev–Trinajstić information content (AvgIpc) is 3.05. The number of halogens is 2. The van der Waals surface area contributed by atoms with Crippen LogP contribution in [-0.2, 0) is 0 Å². The van der Waals surface area contributed by atoms with Crippen LogP contribution in [0.5, 0.6) is 0 Å². The Morgan fingerprint density at radius 1 is 1.50 bits per heavy atom. The smallest absolute Gasteiger partial charge is 0.0471 e. The van der Waals surface area contributed by atoms with Crippen LogP contribution >= 0.6 is 27.5 Å². The summed E-state index contributed by atoms with van der Waals surface area (Å²) in [4.78, 5) is 0. The number of hydrogen-bond acceptors (Lipinski definition) is 2. The molecule has 0 heterocycles. The van der Waals surface area contributed by atoms with Crippen LogP contribution in [0.3, 0.4) is 0 Å². The zero-order valence-corrected chi connectivity index (χ0v) is 11.4. The minimum absolute atomic E-state index is 0.215. The summed E-state index contributed by atoms with van der Waals surface area (Å²) in [5, 5.41) is 0.744. The topological polar surface area (TPSA) is 38.0 Å². The molecule has 0 aliphatic heterocycles. The highest BCUT2D eigenvalue weighted by atomic mass is 79.9. The van der Waals surface area contributed by atoms with Gasteiger partial charge < -0.3 is 0 Å². The Hall–Kier alpha value is -0.0900. The predicted molar refractivity (Wildman–Crippen MR) is 71.2 cm³/mol. The summed E-state index contributed by atoms with van der Waals surface area (Å²) < 4.78 is 1.03. The van der Waals surface area contributed by atoms with Crippen LogP contribution in [-0.4, -0.2) is 0 Å². The molecule has 1 fully saturated rings. The molecule has 16 heavy (non-hydrogen) atoms. The molecular formula is C12H16BrClN2. The van der Waals surface area contributed by atoms with E-state index >= 15 is 0 Å². The summed E-state index contributed by atoms with van der Waals surface area (Å²) in [6, 6.07) is 6.07. The lowest BCUT2D eigenvalue weighted by molar-refractivity contribution is 0.480. The SMILES string of the molecule is NNC(CCC1CC1)c1ccc(Cl)cc1Br. The van der Waals surface area contributed by atoms with Crippen molar-refractivity contribution in [3.8, 4) is 0 Å². The van der Waals surface area contributed by atoms with E-state index in [2.05, 4.69) is 21.4 Å². The van der Waals surface area contributed by atoms with Crippen LogP contribution in [0.1, 0.15) is 37.3 Å². The molecule has 1 aromatic rings. The van der Waals surface area contributed by atoms with Crippen molar-refractivity contribution in [1.29, 1.82) is 0 Å². The van der Waals surface area contributed by atoms with Gasteiger partial charge in [0.25, 0.3) is 0 Å². The van der Waals surface area contributed by atoms with E-state index in [-0.39, 0.29) is 6.04 Å². The molecule has 4 heteroatoms. The van der Waals surface area contributed by atoms with Crippen molar-refractivity contribution < 1.29 is 0 Å². The van der Waals surface area contributed by atoms with E-state index in [4.69, 9.17) is 17.4 Å². The molecule has 3 N–H and O–H groups in total. The van der Waals surface area contributed by atoms with Crippen LogP contribution in [0.2, 0.25) is 5.02 Å². The fourth-order valence-electron chi connectivity index (χ4n) is 1.92. The molecule has 0 bridgehead atoms. The quantitative estimate of drug-likeness (QED) is 0.641. The van der Waals surface area contributed by atoms with Gasteiger partial charge in [0, 0.05) is 15.5 Å². The van der Waals surface area contributed by atoms with Gasteiger partial charge in [0.15, 0.2) is 0 Å². The van der Waals surface area contributed by atoms with Gasteiger partial charge in [-0.1, -0.05) is 46.4 Å². The molecule has 1 aliphatic carbocycles. The molecule has 0 spiro atoms. The van der Waals surface area contributed by atoms with Gasteiger partial charge in [-0.2, -0.15) is 0 Å². The summed E-state index contributed by atoms with van der Waals surface area (Å²) in [5.74, 6) is 6.55. The highest BCUT2D eigenvalue weighted by molar-refractivity contribution is 9.10. The largest absolute Gasteiger partial charge is 0.271 e. The van der Waals surface area contributed by atoms with Crippen LogP contribution in [0, 0.1) is 5.92 Å². The fraction of sp³-hybridized carbons (Fsp3) is 0.500. The Labute approximate surface area is 110 Å². The Morgan fingerprint density at radius 3 is 2.81 bits per heavy atom. The summed E-state index contributed by atoms with van der Waals surface area (Å²) in [6.45, 7) is 0. The maximum Gasteiger partial charge on any atom is 0.0471 e. The van der Waals surface area contributed by atoms with Crippen molar-refractivity contribution in [1.82, 2.24) is 5.43 Å². The first-order valence-corrected chi connectivity index (χ1v) is 6.79. The lowest BCUT2D eigenvalue weighted by Crippen LogP contribution is -2.28. The van der Waals surface area contributed by atoms with E-state index in [1.54, 1.807) is 0 Å². The molecule has 0 saturated heterocycles. The average molecular weight is 304 g/mol. The third-order valence-electron chi connectivity index (χ3n) is 3.10. The maximum atomic E-state index is 5.92. The molecule has 0 aromatic heterocycles. The molecule has 1 saturated carbocycles. The molecule has 1 atom stereocenters. The minimum atomic E-state index is 0.215. The third kappa shape index (κ3) is 3.20. The molecular weight excluding hydrogens is 288 g/mol. The minimum Gasteiger partial charge on any atom is -0.271 e. The monoisotopic (exact) mass is 302 g/mol. The number of hydrazine groups is 1. The number of rotatable bonds is 5. The molecule has 1 aliphatic rings. The van der Waals surface area contributed by atoms with Crippen LogP contribution in [0.25, 0.3) is 0 Å². The van der Waals surface area contributed by atoms with Gasteiger partial charge in [0.1, 0.15) is 0 Å². The van der Waals surface area contributed by atoms with Gasteiger partial charge in [0.2, 0.25) is 0 Å². The van der Waals surface area contributed by atoms with Crippen molar-refractivity contribution in [2.75, 3.05) is 0 Å². The van der Waals surface area contributed by atoms with E-state index < -0.39 is 0 Å². The van der Waals surface area contributed by atoms with Gasteiger partial charge >= 0.3 is 0 Å². The molecule has 2 nitrogen and oxygen atoms in total. The summed E-state index contributed by atoms with van der Waals surface area (Å²) in [5.41, 5.74) is 4.08. The first-order chi connectivity index (χ1) is 7.70. The van der Waals surface area contributed by atoms with E-state index in [0.717, 1.165) is 21.8 Å². The van der Waals surface area contributed by atoms with E-state index in [9.17, 15) is 0 Å². The van der Waals surface area contributed by atoms with E-state index in [0.29, 0.717) is 0 Å². The standard InChI is InChI=1S/C12H16BrClN2/c13-11-7-9(14)4-5-10(11)12(16-15)6-3-8-1-2-8/h4-5,7-8,12,16H,1-3,6,15H2. The summed E-state index contributed by atoms with van der Waals surface area (Å²) >= 11 is 9.45. The normalized spacial score (nSPS) is 17.4. The van der Waals surface area contributed by atoms with Crippen molar-refractivity contribution in [3.05, 3.63) is 33.3 Å². The van der Waals surface area contributed by atoms with E-state index in [1.807, 2.05) is 18.2 Å². The third-order valence-corrected chi connectivity index (χ3v) is 4.02. The zero-order chi connectivity index (χ0) is 11.5. The van der Waals surface area contributed by atoms with Crippen LogP contribution < -0.4 is 11.3 Å². The molecule has 0 amide bonds. The lowest BCUT2D eigenvalue weighted by Gasteiger charge is -2.17. The van der Waals surface area contributed by atoms with Gasteiger partial charge in [-0.15, -0.1) is 0 Å². The summed E-state index contributed by atoms with van der Waals surface area (Å²) in [7, 11) is 0. The molecule has 1 aromatic carbocycles.